The lowest BCUT2D eigenvalue weighted by atomic mass is 10.1. The first-order valence-corrected chi connectivity index (χ1v) is 9.55. The molecule has 1 amide bonds. The van der Waals surface area contributed by atoms with Crippen LogP contribution in [0.3, 0.4) is 0 Å². The first-order valence-electron chi connectivity index (χ1n) is 9.17. The van der Waals surface area contributed by atoms with Crippen LogP contribution in [0.15, 0.2) is 36.7 Å². The zero-order valence-electron chi connectivity index (χ0n) is 15.4. The number of benzene rings is 1. The second-order valence-corrected chi connectivity index (χ2v) is 7.58. The minimum absolute atomic E-state index is 0.344. The molecule has 1 aliphatic rings. The number of halogens is 2. The summed E-state index contributed by atoms with van der Waals surface area (Å²) in [5, 5.41) is 15.9. The molecule has 0 saturated heterocycles. The predicted octanol–water partition coefficient (Wildman–Crippen LogP) is 4.35. The largest absolute Gasteiger partial charge is 0.325 e. The predicted molar refractivity (Wildman–Crippen MR) is 107 cm³/mol. The van der Waals surface area contributed by atoms with Gasteiger partial charge in [0, 0.05) is 17.2 Å². The Morgan fingerprint density at radius 1 is 1.31 bits per heavy atom. The van der Waals surface area contributed by atoms with Gasteiger partial charge < -0.3 is 10.3 Å². The van der Waals surface area contributed by atoms with E-state index < -0.39 is 5.82 Å². The van der Waals surface area contributed by atoms with E-state index >= 15 is 0 Å². The molecule has 1 aliphatic carbocycles. The molecule has 7 nitrogen and oxygen atoms in total. The fourth-order valence-electron chi connectivity index (χ4n) is 3.25. The van der Waals surface area contributed by atoms with Gasteiger partial charge in [-0.2, -0.15) is 5.10 Å². The molecule has 0 unspecified atom stereocenters. The summed E-state index contributed by atoms with van der Waals surface area (Å²) in [4.78, 5) is 16.1. The maximum absolute atomic E-state index is 13.4. The summed E-state index contributed by atoms with van der Waals surface area (Å²) in [6, 6.07) is 6.36. The third-order valence-electron chi connectivity index (χ3n) is 5.01. The topological polar surface area (TPSA) is 88.0 Å². The smallest absolute Gasteiger partial charge is 0.259 e. The minimum atomic E-state index is -0.427. The highest BCUT2D eigenvalue weighted by molar-refractivity contribution is 6.33. The van der Waals surface area contributed by atoms with Crippen molar-refractivity contribution in [3.8, 4) is 11.4 Å². The summed E-state index contributed by atoms with van der Waals surface area (Å²) in [6.45, 7) is 1.85. The number of hydrogen-bond acceptors (Lipinski definition) is 4. The first-order chi connectivity index (χ1) is 14.0. The number of carbonyl (C=O) groups is 1. The van der Waals surface area contributed by atoms with Crippen molar-refractivity contribution in [2.75, 3.05) is 5.32 Å². The van der Waals surface area contributed by atoms with E-state index in [1.807, 2.05) is 6.92 Å². The van der Waals surface area contributed by atoms with Gasteiger partial charge in [-0.1, -0.05) is 11.6 Å². The Labute approximate surface area is 169 Å². The van der Waals surface area contributed by atoms with Gasteiger partial charge in [0.25, 0.3) is 5.91 Å². The van der Waals surface area contributed by atoms with Crippen LogP contribution >= 0.6 is 11.6 Å². The van der Waals surface area contributed by atoms with Crippen LogP contribution in [0.4, 0.5) is 10.1 Å². The summed E-state index contributed by atoms with van der Waals surface area (Å²) in [7, 11) is 0. The molecule has 0 bridgehead atoms. The third kappa shape index (κ3) is 3.25. The minimum Gasteiger partial charge on any atom is -0.325 e. The summed E-state index contributed by atoms with van der Waals surface area (Å²) in [5.74, 6) is 1.10. The van der Waals surface area contributed by atoms with Crippen molar-refractivity contribution in [3.63, 3.8) is 0 Å². The molecule has 0 atom stereocenters. The molecule has 0 spiro atoms. The number of aromatic nitrogens is 5. The summed E-state index contributed by atoms with van der Waals surface area (Å²) >= 11 is 6.42. The van der Waals surface area contributed by atoms with Gasteiger partial charge in [-0.15, -0.1) is 10.2 Å². The van der Waals surface area contributed by atoms with Gasteiger partial charge in [-0.05, 0) is 49.6 Å². The van der Waals surface area contributed by atoms with Gasteiger partial charge in [0.2, 0.25) is 0 Å². The Balaban J connectivity index is 1.47. The van der Waals surface area contributed by atoms with Crippen LogP contribution in [0.25, 0.3) is 16.9 Å². The molecule has 3 aromatic heterocycles. The molecule has 1 saturated carbocycles. The van der Waals surface area contributed by atoms with Crippen molar-refractivity contribution in [2.24, 2.45) is 0 Å². The standard InChI is InChI=1S/C20H16ClFN6O/c1-10-6-15(21)13(19-25-18(26-27-19)11-2-3-11)7-16(10)24-20(29)14-8-23-28-9-12(22)4-5-17(14)28/h4-9,11H,2-3H2,1H3,(H,24,29)(H,25,26,27). The number of nitrogens with one attached hydrogen (secondary N) is 2. The first kappa shape index (κ1) is 17.8. The lowest BCUT2D eigenvalue weighted by molar-refractivity contribution is 0.102. The van der Waals surface area contributed by atoms with E-state index in [4.69, 9.17) is 11.6 Å². The number of aryl methyl sites for hydroxylation is 1. The molecule has 29 heavy (non-hydrogen) atoms. The molecule has 1 fully saturated rings. The lowest BCUT2D eigenvalue weighted by Crippen LogP contribution is -2.12. The zero-order chi connectivity index (χ0) is 20.1. The van der Waals surface area contributed by atoms with Crippen molar-refractivity contribution in [1.82, 2.24) is 24.8 Å². The molecule has 4 aromatic rings. The summed E-state index contributed by atoms with van der Waals surface area (Å²) in [5.41, 5.74) is 2.92. The number of aromatic amines is 1. The molecule has 9 heteroatoms. The van der Waals surface area contributed by atoms with E-state index in [9.17, 15) is 9.18 Å². The van der Waals surface area contributed by atoms with E-state index in [2.05, 4.69) is 25.6 Å². The Hall–Kier alpha value is -3.26. The van der Waals surface area contributed by atoms with Crippen LogP contribution in [-0.2, 0) is 0 Å². The zero-order valence-corrected chi connectivity index (χ0v) is 16.2. The fraction of sp³-hybridized carbons (Fsp3) is 0.200. The second kappa shape index (κ2) is 6.66. The number of pyridine rings is 1. The molecule has 2 N–H and O–H groups in total. The van der Waals surface area contributed by atoms with Gasteiger partial charge in [-0.25, -0.2) is 8.91 Å². The van der Waals surface area contributed by atoms with Gasteiger partial charge in [0.15, 0.2) is 5.82 Å². The number of hydrogen-bond donors (Lipinski definition) is 2. The van der Waals surface area contributed by atoms with Crippen LogP contribution in [0.5, 0.6) is 0 Å². The van der Waals surface area contributed by atoms with Crippen LogP contribution in [0.2, 0.25) is 5.02 Å². The average molecular weight is 411 g/mol. The molecule has 3 heterocycles. The number of carbonyl (C=O) groups excluding carboxylic acids is 1. The Kier molecular flexibility index (Phi) is 4.09. The Morgan fingerprint density at radius 2 is 2.14 bits per heavy atom. The van der Waals surface area contributed by atoms with E-state index in [1.165, 1.54) is 29.0 Å². The lowest BCUT2D eigenvalue weighted by Gasteiger charge is -2.11. The highest BCUT2D eigenvalue weighted by Crippen LogP contribution is 2.39. The molecule has 5 rings (SSSR count). The second-order valence-electron chi connectivity index (χ2n) is 7.17. The van der Waals surface area contributed by atoms with Crippen molar-refractivity contribution in [3.05, 3.63) is 64.5 Å². The number of rotatable bonds is 4. The van der Waals surface area contributed by atoms with Crippen molar-refractivity contribution >= 4 is 28.7 Å². The quantitative estimate of drug-likeness (QED) is 0.523. The van der Waals surface area contributed by atoms with Crippen molar-refractivity contribution in [1.29, 1.82) is 0 Å². The van der Waals surface area contributed by atoms with Crippen LogP contribution < -0.4 is 5.32 Å². The number of nitrogens with zero attached hydrogens (tertiary/aromatic N) is 4. The van der Waals surface area contributed by atoms with E-state index in [-0.39, 0.29) is 5.91 Å². The van der Waals surface area contributed by atoms with E-state index in [1.54, 1.807) is 12.1 Å². The Morgan fingerprint density at radius 3 is 2.93 bits per heavy atom. The van der Waals surface area contributed by atoms with Crippen molar-refractivity contribution in [2.45, 2.75) is 25.7 Å². The maximum Gasteiger partial charge on any atom is 0.259 e. The number of fused-ring (bicyclic) bond motifs is 1. The molecular formula is C20H16ClFN6O. The molecular weight excluding hydrogens is 395 g/mol. The molecule has 1 aromatic carbocycles. The van der Waals surface area contributed by atoms with Crippen LogP contribution in [0, 0.1) is 12.7 Å². The Bertz CT molecular complexity index is 1260. The molecule has 0 aliphatic heterocycles. The van der Waals surface area contributed by atoms with Gasteiger partial charge in [0.1, 0.15) is 11.6 Å². The normalized spacial score (nSPS) is 13.8. The average Bonchev–Trinajstić information content (AvgIpc) is 3.27. The van der Waals surface area contributed by atoms with Gasteiger partial charge in [0.05, 0.1) is 28.5 Å². The highest BCUT2D eigenvalue weighted by atomic mass is 35.5. The number of anilines is 1. The van der Waals surface area contributed by atoms with Crippen molar-refractivity contribution < 1.29 is 9.18 Å². The maximum atomic E-state index is 13.4. The summed E-state index contributed by atoms with van der Waals surface area (Å²) < 4.78 is 14.7. The summed E-state index contributed by atoms with van der Waals surface area (Å²) in [6.07, 6.45) is 4.86. The van der Waals surface area contributed by atoms with Crippen LogP contribution in [0.1, 0.15) is 40.5 Å². The third-order valence-corrected chi connectivity index (χ3v) is 5.32. The van der Waals surface area contributed by atoms with Gasteiger partial charge in [-0.3, -0.25) is 4.79 Å². The molecule has 146 valence electrons. The SMILES string of the molecule is Cc1cc(Cl)c(-c2nnc(C3CC3)[nH]2)cc1NC(=O)c1cnn2cc(F)ccc12. The van der Waals surface area contributed by atoms with Crippen LogP contribution in [-0.4, -0.2) is 30.7 Å². The number of H-pyrrole nitrogens is 1. The molecule has 0 radical (unpaired) electrons. The highest BCUT2D eigenvalue weighted by Gasteiger charge is 2.27. The fourth-order valence-corrected chi connectivity index (χ4v) is 3.56. The van der Waals surface area contributed by atoms with E-state index in [0.717, 1.165) is 24.2 Å². The van der Waals surface area contributed by atoms with Gasteiger partial charge >= 0.3 is 0 Å². The van der Waals surface area contributed by atoms with E-state index in [0.29, 0.717) is 39.1 Å². The number of amides is 1. The monoisotopic (exact) mass is 410 g/mol.